The number of nitrogens with zero attached hydrogens (tertiary/aromatic N) is 1. The number of H-pyrrole nitrogens is 2. The topological polar surface area (TPSA) is 90.6 Å². The van der Waals surface area contributed by atoms with E-state index in [1.807, 2.05) is 11.8 Å². The van der Waals surface area contributed by atoms with Crippen molar-refractivity contribution in [2.24, 2.45) is 0 Å². The summed E-state index contributed by atoms with van der Waals surface area (Å²) in [6, 6.07) is 0.276. The van der Waals surface area contributed by atoms with E-state index in [-0.39, 0.29) is 11.9 Å². The molecule has 0 aromatic carbocycles. The molecule has 1 aromatic heterocycles. The Balaban J connectivity index is 1.98. The molecule has 1 saturated carbocycles. The summed E-state index contributed by atoms with van der Waals surface area (Å²) in [5, 5.41) is 9.69. The lowest BCUT2D eigenvalue weighted by atomic mass is 10.2. The minimum atomic E-state index is -0.577. The van der Waals surface area contributed by atoms with Gasteiger partial charge < -0.3 is 5.32 Å². The molecule has 7 heteroatoms. The van der Waals surface area contributed by atoms with E-state index in [0.717, 1.165) is 25.0 Å². The Hall–Kier alpha value is -1.24. The second-order valence-electron chi connectivity index (χ2n) is 4.09. The molecule has 1 aliphatic carbocycles. The van der Waals surface area contributed by atoms with Crippen LogP contribution in [0.15, 0.2) is 9.59 Å². The summed E-state index contributed by atoms with van der Waals surface area (Å²) in [6.45, 7) is 2.15. The lowest BCUT2D eigenvalue weighted by Crippen LogP contribution is -2.30. The molecule has 3 N–H and O–H groups in total. The van der Waals surface area contributed by atoms with E-state index in [1.54, 1.807) is 0 Å². The molecule has 17 heavy (non-hydrogen) atoms. The third-order valence-corrected chi connectivity index (χ3v) is 4.07. The minimum Gasteiger partial charge on any atom is -0.361 e. The fraction of sp³-hybridized carbons (Fsp3) is 0.700. The highest BCUT2D eigenvalue weighted by atomic mass is 32.2. The first-order valence-electron chi connectivity index (χ1n) is 5.76. The van der Waals surface area contributed by atoms with Crippen molar-refractivity contribution in [3.63, 3.8) is 0 Å². The summed E-state index contributed by atoms with van der Waals surface area (Å²) in [7, 11) is 0. The van der Waals surface area contributed by atoms with Crippen LogP contribution < -0.4 is 16.6 Å². The molecule has 0 aliphatic heterocycles. The predicted molar refractivity (Wildman–Crippen MR) is 68.7 cm³/mol. The average Bonchev–Trinajstić information content (AvgIpc) is 2.71. The maximum Gasteiger partial charge on any atom is 0.342 e. The first-order chi connectivity index (χ1) is 8.19. The van der Waals surface area contributed by atoms with Crippen LogP contribution in [0, 0.1) is 0 Å². The van der Waals surface area contributed by atoms with Crippen LogP contribution in [0.4, 0.5) is 5.82 Å². The van der Waals surface area contributed by atoms with Gasteiger partial charge in [-0.05, 0) is 25.0 Å². The Morgan fingerprint density at radius 1 is 1.47 bits per heavy atom. The predicted octanol–water partition coefficient (Wildman–Crippen LogP) is 0.544. The zero-order valence-corrected chi connectivity index (χ0v) is 10.5. The number of aromatic amines is 2. The van der Waals surface area contributed by atoms with Crippen LogP contribution in [0.1, 0.15) is 26.2 Å². The molecule has 0 radical (unpaired) electrons. The number of hydrogen-bond acceptors (Lipinski definition) is 5. The number of thioether (sulfide) groups is 1. The number of nitrogens with one attached hydrogen (secondary N) is 3. The molecule has 1 heterocycles. The average molecular weight is 256 g/mol. The van der Waals surface area contributed by atoms with E-state index >= 15 is 0 Å². The Kier molecular flexibility index (Phi) is 3.88. The molecular formula is C10H16N4O2S. The van der Waals surface area contributed by atoms with Crippen LogP contribution >= 0.6 is 11.8 Å². The third kappa shape index (κ3) is 3.12. The van der Waals surface area contributed by atoms with E-state index < -0.39 is 11.2 Å². The number of anilines is 1. The van der Waals surface area contributed by atoms with Crippen molar-refractivity contribution in [2.45, 2.75) is 37.5 Å². The second kappa shape index (κ2) is 5.39. The zero-order chi connectivity index (χ0) is 12.3. The normalized spacial score (nSPS) is 23.8. The molecule has 0 amide bonds. The molecule has 0 saturated heterocycles. The minimum absolute atomic E-state index is 0.205. The highest BCUT2D eigenvalue weighted by molar-refractivity contribution is 7.99. The zero-order valence-electron chi connectivity index (χ0n) is 9.66. The Bertz CT molecular complexity index is 484. The molecule has 2 rings (SSSR count). The van der Waals surface area contributed by atoms with Crippen molar-refractivity contribution in [3.8, 4) is 0 Å². The van der Waals surface area contributed by atoms with Gasteiger partial charge in [-0.1, -0.05) is 6.92 Å². The van der Waals surface area contributed by atoms with Gasteiger partial charge in [0.2, 0.25) is 5.82 Å². The van der Waals surface area contributed by atoms with Crippen LogP contribution in [-0.4, -0.2) is 32.2 Å². The highest BCUT2D eigenvalue weighted by Gasteiger charge is 2.25. The standard InChI is InChI=1S/C10H16N4O2S/c1-2-17-7-4-3-6(5-7)11-8-9(15)12-10(16)14-13-8/h6-7H,2-5H2,1H3,(H,11,13)(H2,12,14,15,16). The van der Waals surface area contributed by atoms with Crippen molar-refractivity contribution < 1.29 is 0 Å². The molecule has 1 aliphatic rings. The molecular weight excluding hydrogens is 240 g/mol. The molecule has 0 spiro atoms. The van der Waals surface area contributed by atoms with Gasteiger partial charge in [0.05, 0.1) is 0 Å². The molecule has 2 atom stereocenters. The smallest absolute Gasteiger partial charge is 0.342 e. The number of aromatic nitrogens is 3. The van der Waals surface area contributed by atoms with Gasteiger partial charge in [-0.3, -0.25) is 9.78 Å². The first kappa shape index (κ1) is 12.2. The summed E-state index contributed by atoms with van der Waals surface area (Å²) in [4.78, 5) is 24.4. The highest BCUT2D eigenvalue weighted by Crippen LogP contribution is 2.30. The van der Waals surface area contributed by atoms with Gasteiger partial charge in [0.25, 0.3) is 5.56 Å². The Morgan fingerprint density at radius 2 is 2.29 bits per heavy atom. The molecule has 2 unspecified atom stereocenters. The van der Waals surface area contributed by atoms with E-state index in [0.29, 0.717) is 5.25 Å². The van der Waals surface area contributed by atoms with Crippen LogP contribution in [0.25, 0.3) is 0 Å². The quantitative estimate of drug-likeness (QED) is 0.731. The van der Waals surface area contributed by atoms with E-state index in [9.17, 15) is 9.59 Å². The van der Waals surface area contributed by atoms with Crippen LogP contribution in [0.5, 0.6) is 0 Å². The van der Waals surface area contributed by atoms with Gasteiger partial charge in [0.15, 0.2) is 0 Å². The van der Waals surface area contributed by atoms with E-state index in [1.165, 1.54) is 0 Å². The lowest BCUT2D eigenvalue weighted by Gasteiger charge is -2.12. The first-order valence-corrected chi connectivity index (χ1v) is 6.81. The third-order valence-electron chi connectivity index (χ3n) is 2.84. The van der Waals surface area contributed by atoms with E-state index in [4.69, 9.17) is 0 Å². The Morgan fingerprint density at radius 3 is 3.00 bits per heavy atom. The van der Waals surface area contributed by atoms with Crippen molar-refractivity contribution in [2.75, 3.05) is 11.1 Å². The molecule has 1 aromatic rings. The number of rotatable bonds is 4. The van der Waals surface area contributed by atoms with Crippen LogP contribution in [0.2, 0.25) is 0 Å². The van der Waals surface area contributed by atoms with Gasteiger partial charge in [0, 0.05) is 11.3 Å². The molecule has 0 bridgehead atoms. The monoisotopic (exact) mass is 256 g/mol. The second-order valence-corrected chi connectivity index (χ2v) is 5.66. The van der Waals surface area contributed by atoms with Crippen molar-refractivity contribution in [1.82, 2.24) is 15.2 Å². The van der Waals surface area contributed by atoms with Gasteiger partial charge in [-0.25, -0.2) is 9.89 Å². The fourth-order valence-electron chi connectivity index (χ4n) is 2.10. The van der Waals surface area contributed by atoms with Crippen LogP contribution in [-0.2, 0) is 0 Å². The van der Waals surface area contributed by atoms with E-state index in [2.05, 4.69) is 27.4 Å². The maximum atomic E-state index is 11.4. The largest absolute Gasteiger partial charge is 0.361 e. The fourth-order valence-corrected chi connectivity index (χ4v) is 3.24. The summed E-state index contributed by atoms with van der Waals surface area (Å²) < 4.78 is 0. The summed E-state index contributed by atoms with van der Waals surface area (Å²) in [5.74, 6) is 1.33. The molecule has 94 valence electrons. The van der Waals surface area contributed by atoms with Crippen molar-refractivity contribution >= 4 is 17.6 Å². The van der Waals surface area contributed by atoms with Gasteiger partial charge in [0.1, 0.15) is 0 Å². The summed E-state index contributed by atoms with van der Waals surface area (Å²) in [6.07, 6.45) is 3.24. The maximum absolute atomic E-state index is 11.4. The van der Waals surface area contributed by atoms with Gasteiger partial charge >= 0.3 is 5.69 Å². The van der Waals surface area contributed by atoms with Gasteiger partial charge in [-0.15, -0.1) is 5.10 Å². The van der Waals surface area contributed by atoms with Crippen molar-refractivity contribution in [3.05, 3.63) is 20.8 Å². The van der Waals surface area contributed by atoms with Crippen molar-refractivity contribution in [1.29, 1.82) is 0 Å². The van der Waals surface area contributed by atoms with Gasteiger partial charge in [-0.2, -0.15) is 11.8 Å². The number of hydrogen-bond donors (Lipinski definition) is 3. The summed E-state index contributed by atoms with van der Waals surface area (Å²) >= 11 is 1.96. The Labute approximate surface area is 103 Å². The van der Waals surface area contributed by atoms with Crippen LogP contribution in [0.3, 0.4) is 0 Å². The summed E-state index contributed by atoms with van der Waals surface area (Å²) in [5.41, 5.74) is -1.04. The SMILES string of the molecule is CCSC1CCC(Nc2n[nH]c(=O)[nH]c2=O)C1. The lowest BCUT2D eigenvalue weighted by molar-refractivity contribution is 0.738. The molecule has 6 nitrogen and oxygen atoms in total. The molecule has 1 fully saturated rings.